The first kappa shape index (κ1) is 48.1. The lowest BCUT2D eigenvalue weighted by Gasteiger charge is -2.15. The molecule has 1 unspecified atom stereocenters. The van der Waals surface area contributed by atoms with Crippen LogP contribution in [0.4, 0.5) is 5.69 Å². The van der Waals surface area contributed by atoms with E-state index in [1.807, 2.05) is 61.5 Å². The zero-order chi connectivity index (χ0) is 47.3. The molecule has 3 aromatic heterocycles. The fourth-order valence-corrected chi connectivity index (χ4v) is 9.19. The number of nitrogens with zero attached hydrogens (tertiary/aromatic N) is 5. The van der Waals surface area contributed by atoms with Gasteiger partial charge >= 0.3 is 0 Å². The van der Waals surface area contributed by atoms with Crippen molar-refractivity contribution in [3.05, 3.63) is 125 Å². The van der Waals surface area contributed by atoms with Crippen molar-refractivity contribution in [1.29, 1.82) is 0 Å². The molecule has 4 heterocycles. The highest BCUT2D eigenvalue weighted by Crippen LogP contribution is 2.32. The molecule has 8 rings (SSSR count). The summed E-state index contributed by atoms with van der Waals surface area (Å²) in [6.45, 7) is 5.81. The molecule has 0 radical (unpaired) electrons. The van der Waals surface area contributed by atoms with Gasteiger partial charge in [0.05, 0.1) is 92.9 Å². The molecule has 17 nitrogen and oxygen atoms in total. The van der Waals surface area contributed by atoms with Gasteiger partial charge in [0, 0.05) is 36.2 Å². The van der Waals surface area contributed by atoms with Crippen LogP contribution in [0.2, 0.25) is 5.02 Å². The van der Waals surface area contributed by atoms with Gasteiger partial charge in [-0.15, -0.1) is 5.10 Å². The van der Waals surface area contributed by atoms with Crippen LogP contribution in [-0.4, -0.2) is 116 Å². The minimum Gasteiger partial charge on any atom is -0.491 e. The van der Waals surface area contributed by atoms with Gasteiger partial charge < -0.3 is 42.7 Å². The normalized spacial score (nSPS) is 14.1. The van der Waals surface area contributed by atoms with Crippen LogP contribution >= 0.6 is 11.6 Å². The summed E-state index contributed by atoms with van der Waals surface area (Å²) in [5, 5.41) is 11.6. The Bertz CT molecular complexity index is 2900. The zero-order valence-electron chi connectivity index (χ0n) is 37.4. The predicted molar refractivity (Wildman–Crippen MR) is 254 cm³/mol. The number of carbonyl (C=O) groups is 2. The molecule has 4 aromatic carbocycles. The number of amides is 2. The van der Waals surface area contributed by atoms with Crippen molar-refractivity contribution in [2.45, 2.75) is 43.1 Å². The molecule has 1 saturated heterocycles. The van der Waals surface area contributed by atoms with Gasteiger partial charge in [-0.2, -0.15) is 0 Å². The molecule has 356 valence electrons. The third-order valence-electron chi connectivity index (χ3n) is 10.9. The van der Waals surface area contributed by atoms with Crippen molar-refractivity contribution < 1.29 is 50.5 Å². The highest BCUT2D eigenvalue weighted by molar-refractivity contribution is 7.92. The van der Waals surface area contributed by atoms with Crippen molar-refractivity contribution >= 4 is 67.1 Å². The summed E-state index contributed by atoms with van der Waals surface area (Å²) in [5.74, 6) is 1.04. The summed E-state index contributed by atoms with van der Waals surface area (Å²) in [5.41, 5.74) is 4.92. The third-order valence-corrected chi connectivity index (χ3v) is 13.5. The Hall–Kier alpha value is -6.41. The van der Waals surface area contributed by atoms with E-state index in [2.05, 4.69) is 20.6 Å². The summed E-state index contributed by atoms with van der Waals surface area (Å²) in [6.07, 6.45) is 5.29. The lowest BCUT2D eigenvalue weighted by Crippen LogP contribution is -2.30. The third kappa shape index (κ3) is 13.0. The van der Waals surface area contributed by atoms with E-state index < -0.39 is 15.1 Å². The molecule has 19 heteroatoms. The van der Waals surface area contributed by atoms with Crippen LogP contribution in [0.1, 0.15) is 29.9 Å². The van der Waals surface area contributed by atoms with Crippen molar-refractivity contribution in [2.75, 3.05) is 71.3 Å². The highest BCUT2D eigenvalue weighted by atomic mass is 35.5. The van der Waals surface area contributed by atoms with E-state index >= 15 is 0 Å². The summed E-state index contributed by atoms with van der Waals surface area (Å²) < 4.78 is 68.3. The van der Waals surface area contributed by atoms with Crippen molar-refractivity contribution in [1.82, 2.24) is 24.9 Å². The molecule has 0 bridgehead atoms. The van der Waals surface area contributed by atoms with E-state index in [1.165, 1.54) is 18.2 Å². The van der Waals surface area contributed by atoms with Crippen molar-refractivity contribution in [3.8, 4) is 17.2 Å². The maximum absolute atomic E-state index is 13.4. The van der Waals surface area contributed by atoms with Crippen LogP contribution < -0.4 is 10.1 Å². The number of likely N-dealkylation sites (tertiary alicyclic amines) is 1. The summed E-state index contributed by atoms with van der Waals surface area (Å²) in [6, 6.07) is 26.9. The number of oxazole rings is 1. The number of carbonyl (C=O) groups excluding carboxylic acids is 2. The number of aryl methyl sites for hydroxylation is 1. The van der Waals surface area contributed by atoms with Crippen LogP contribution in [0.15, 0.2) is 117 Å². The number of benzene rings is 4. The molecule has 1 N–H and O–H groups in total. The highest BCUT2D eigenvalue weighted by Gasteiger charge is 2.35. The van der Waals surface area contributed by atoms with Gasteiger partial charge in [-0.05, 0) is 74.0 Å². The quantitative estimate of drug-likeness (QED) is 0.0460. The Balaban J connectivity index is 0.627. The minimum absolute atomic E-state index is 0.119. The van der Waals surface area contributed by atoms with Crippen LogP contribution in [0.25, 0.3) is 39.6 Å². The average Bonchev–Trinajstić information content (AvgIpc) is 4.18. The number of aromatic nitrogens is 4. The number of anilines is 1. The lowest BCUT2D eigenvalue weighted by molar-refractivity contribution is -0.125. The van der Waals surface area contributed by atoms with Crippen molar-refractivity contribution in [2.24, 2.45) is 0 Å². The lowest BCUT2D eigenvalue weighted by atomic mass is 10.1. The largest absolute Gasteiger partial charge is 0.491 e. The van der Waals surface area contributed by atoms with E-state index in [1.54, 1.807) is 46.1 Å². The summed E-state index contributed by atoms with van der Waals surface area (Å²) in [7, 11) is -3.65. The second-order valence-corrected chi connectivity index (χ2v) is 18.6. The monoisotopic (exact) mass is 966 g/mol. The molecule has 7 aromatic rings. The first-order valence-corrected chi connectivity index (χ1v) is 24.1. The van der Waals surface area contributed by atoms with E-state index in [9.17, 15) is 18.0 Å². The number of sulfone groups is 1. The SMILES string of the molecule is Cc1ccc(-c2nc3cc(Cl)c(NC(=O)CCOCCn4cc(COCCOCCOCCOc5ccc(S(=O)(=O)C6CCN(C(=O)/C=C/c7cc8ccccc8o7)C6)cc5)nn4)cc3o2)cc1. The van der Waals surface area contributed by atoms with Gasteiger partial charge in [0.2, 0.25) is 17.7 Å². The Morgan fingerprint density at radius 1 is 0.853 bits per heavy atom. The van der Waals surface area contributed by atoms with Gasteiger partial charge in [-0.1, -0.05) is 52.7 Å². The van der Waals surface area contributed by atoms with Crippen LogP contribution in [0.5, 0.6) is 5.75 Å². The maximum atomic E-state index is 13.4. The van der Waals surface area contributed by atoms with Gasteiger partial charge in [0.1, 0.15) is 34.9 Å². The predicted octanol–water partition coefficient (Wildman–Crippen LogP) is 7.56. The number of fused-ring (bicyclic) bond motifs is 2. The molecular weight excluding hydrogens is 916 g/mol. The van der Waals surface area contributed by atoms with Crippen LogP contribution in [-0.2, 0) is 51.5 Å². The molecular formula is C49H51ClN6O11S. The first-order chi connectivity index (χ1) is 33.1. The number of para-hydroxylation sites is 1. The Morgan fingerprint density at radius 2 is 1.60 bits per heavy atom. The number of furan rings is 1. The Morgan fingerprint density at radius 3 is 2.40 bits per heavy atom. The van der Waals surface area contributed by atoms with Gasteiger partial charge in [-0.25, -0.2) is 18.1 Å². The fourth-order valence-electron chi connectivity index (χ4n) is 7.29. The second-order valence-electron chi connectivity index (χ2n) is 15.9. The van der Waals surface area contributed by atoms with E-state index in [0.717, 1.165) is 22.1 Å². The Labute approximate surface area is 397 Å². The number of hydrogen-bond acceptors (Lipinski definition) is 14. The van der Waals surface area contributed by atoms with E-state index in [4.69, 9.17) is 44.1 Å². The molecule has 1 aliphatic heterocycles. The average molecular weight is 967 g/mol. The molecule has 1 aliphatic rings. The first-order valence-electron chi connectivity index (χ1n) is 22.2. The minimum atomic E-state index is -3.65. The van der Waals surface area contributed by atoms with E-state index in [0.29, 0.717) is 104 Å². The number of nitrogens with one attached hydrogen (secondary N) is 1. The van der Waals surface area contributed by atoms with Gasteiger partial charge in [0.15, 0.2) is 15.4 Å². The molecule has 0 saturated carbocycles. The number of ether oxygens (including phenoxy) is 5. The summed E-state index contributed by atoms with van der Waals surface area (Å²) in [4.78, 5) is 31.7. The summed E-state index contributed by atoms with van der Waals surface area (Å²) >= 11 is 6.43. The molecule has 1 fully saturated rings. The molecule has 68 heavy (non-hydrogen) atoms. The zero-order valence-corrected chi connectivity index (χ0v) is 39.0. The number of hydrogen-bond donors (Lipinski definition) is 1. The molecule has 2 amide bonds. The van der Waals surface area contributed by atoms with E-state index in [-0.39, 0.29) is 49.5 Å². The molecule has 1 atom stereocenters. The standard InChI is InChI=1S/C49H51ClN6O11S/c1-34-6-8-35(9-7-34)49-52-44-29-42(50)43(30-46(44)67-49)51-47(57)17-20-61-21-19-56-31-37(53-54-56)33-64-25-24-62-22-23-63-26-27-65-38-10-13-40(14-11-38)68(59,60)41-16-18-55(32-41)48(58)15-12-39-28-36-4-2-3-5-45(36)66-39/h2-15,28-31,41H,16-27,32-33H2,1H3,(H,51,57)/b15-12+. The maximum Gasteiger partial charge on any atom is 0.246 e. The van der Waals surface area contributed by atoms with Crippen LogP contribution in [0.3, 0.4) is 0 Å². The molecule has 0 spiro atoms. The van der Waals surface area contributed by atoms with Gasteiger partial charge in [-0.3, -0.25) is 9.59 Å². The smallest absolute Gasteiger partial charge is 0.246 e. The van der Waals surface area contributed by atoms with Crippen LogP contribution in [0, 0.1) is 6.92 Å². The number of rotatable bonds is 24. The Kier molecular flexibility index (Phi) is 16.3. The number of halogens is 1. The fraction of sp³-hybridized carbons (Fsp3) is 0.327. The topological polar surface area (TPSA) is 200 Å². The molecule has 0 aliphatic carbocycles. The van der Waals surface area contributed by atoms with Gasteiger partial charge in [0.25, 0.3) is 0 Å². The second kappa shape index (κ2) is 23.1. The van der Waals surface area contributed by atoms with Crippen molar-refractivity contribution in [3.63, 3.8) is 0 Å².